The van der Waals surface area contributed by atoms with Gasteiger partial charge in [0.2, 0.25) is 0 Å². The number of hydrogen-bond donors (Lipinski definition) is 0. The molecule has 0 heterocycles. The monoisotopic (exact) mass is 348 g/mol. The topological polar surface area (TPSA) is 18.5 Å². The van der Waals surface area contributed by atoms with Crippen molar-refractivity contribution in [2.45, 2.75) is 26.4 Å². The molecule has 0 unspecified atom stereocenters. The molecular formula is C18H21BrO2. The van der Waals surface area contributed by atoms with Crippen molar-refractivity contribution in [3.05, 3.63) is 53.0 Å². The van der Waals surface area contributed by atoms with Crippen LogP contribution in [0.4, 0.5) is 0 Å². The Morgan fingerprint density at radius 1 is 0.810 bits per heavy atom. The maximum absolute atomic E-state index is 5.68. The smallest absolute Gasteiger partial charge is 0.119 e. The van der Waals surface area contributed by atoms with E-state index >= 15 is 0 Å². The van der Waals surface area contributed by atoms with Gasteiger partial charge in [-0.3, -0.25) is 0 Å². The first-order chi connectivity index (χ1) is 9.94. The first-order valence-electron chi connectivity index (χ1n) is 7.07. The summed E-state index contributed by atoms with van der Waals surface area (Å²) in [7, 11) is 0. The third kappa shape index (κ3) is 5.52. The fourth-order valence-electron chi connectivity index (χ4n) is 1.89. The first kappa shape index (κ1) is 16.1. The minimum atomic E-state index is -0.116. The summed E-state index contributed by atoms with van der Waals surface area (Å²) in [5, 5.41) is 0. The van der Waals surface area contributed by atoms with E-state index < -0.39 is 0 Å². The van der Waals surface area contributed by atoms with Gasteiger partial charge in [0.1, 0.15) is 12.4 Å². The molecule has 2 nitrogen and oxygen atoms in total. The molecule has 0 atom stereocenters. The number of halogens is 1. The second-order valence-electron chi connectivity index (χ2n) is 5.84. The van der Waals surface area contributed by atoms with Gasteiger partial charge in [-0.2, -0.15) is 0 Å². The van der Waals surface area contributed by atoms with Crippen LogP contribution in [0.15, 0.2) is 53.0 Å². The van der Waals surface area contributed by atoms with Gasteiger partial charge in [0.15, 0.2) is 0 Å². The van der Waals surface area contributed by atoms with Crippen molar-refractivity contribution >= 4 is 15.9 Å². The van der Waals surface area contributed by atoms with Gasteiger partial charge in [-0.1, -0.05) is 40.2 Å². The zero-order chi connectivity index (χ0) is 15.3. The normalized spacial score (nSPS) is 11.4. The van der Waals surface area contributed by atoms with E-state index in [0.29, 0.717) is 13.2 Å². The van der Waals surface area contributed by atoms with Crippen molar-refractivity contribution in [3.63, 3.8) is 0 Å². The number of hydrogen-bond acceptors (Lipinski definition) is 2. The van der Waals surface area contributed by atoms with Crippen LogP contribution in [0.3, 0.4) is 0 Å². The summed E-state index contributed by atoms with van der Waals surface area (Å²) in [4.78, 5) is 0. The van der Waals surface area contributed by atoms with Gasteiger partial charge < -0.3 is 9.47 Å². The van der Waals surface area contributed by atoms with Crippen LogP contribution in [0.25, 0.3) is 11.1 Å². The average molecular weight is 349 g/mol. The molecule has 0 fully saturated rings. The standard InChI is InChI=1S/C18H21BrO2/c1-18(2,3)21-13-12-20-17-10-6-15(7-11-17)14-4-8-16(19)9-5-14/h4-11H,12-13H2,1-3H3. The molecule has 2 rings (SSSR count). The molecule has 0 amide bonds. The summed E-state index contributed by atoms with van der Waals surface area (Å²) >= 11 is 3.45. The lowest BCUT2D eigenvalue weighted by atomic mass is 10.1. The van der Waals surface area contributed by atoms with Gasteiger partial charge in [-0.05, 0) is 56.2 Å². The number of ether oxygens (including phenoxy) is 2. The molecular weight excluding hydrogens is 328 g/mol. The van der Waals surface area contributed by atoms with Crippen LogP contribution in [0.1, 0.15) is 20.8 Å². The van der Waals surface area contributed by atoms with E-state index in [2.05, 4.69) is 40.2 Å². The summed E-state index contributed by atoms with van der Waals surface area (Å²) in [6, 6.07) is 16.4. The minimum absolute atomic E-state index is 0.116. The van der Waals surface area contributed by atoms with Crippen LogP contribution in [0.2, 0.25) is 0 Å². The van der Waals surface area contributed by atoms with Crippen LogP contribution in [-0.2, 0) is 4.74 Å². The maximum atomic E-state index is 5.68. The Hall–Kier alpha value is -1.32. The second-order valence-corrected chi connectivity index (χ2v) is 6.76. The fourth-order valence-corrected chi connectivity index (χ4v) is 2.16. The Bertz CT molecular complexity index is 553. The zero-order valence-corrected chi connectivity index (χ0v) is 14.3. The minimum Gasteiger partial charge on any atom is -0.491 e. The Morgan fingerprint density at radius 3 is 1.86 bits per heavy atom. The zero-order valence-electron chi connectivity index (χ0n) is 12.7. The molecule has 2 aromatic rings. The van der Waals surface area contributed by atoms with Gasteiger partial charge in [-0.25, -0.2) is 0 Å². The van der Waals surface area contributed by atoms with Crippen LogP contribution in [-0.4, -0.2) is 18.8 Å². The van der Waals surface area contributed by atoms with Crippen LogP contribution >= 0.6 is 15.9 Å². The molecule has 0 aliphatic rings. The molecule has 112 valence electrons. The first-order valence-corrected chi connectivity index (χ1v) is 7.86. The molecule has 0 saturated heterocycles. The highest BCUT2D eigenvalue weighted by Crippen LogP contribution is 2.24. The molecule has 0 aromatic heterocycles. The van der Waals surface area contributed by atoms with E-state index in [-0.39, 0.29) is 5.60 Å². The Kier molecular flexibility index (Phi) is 5.43. The SMILES string of the molecule is CC(C)(C)OCCOc1ccc(-c2ccc(Br)cc2)cc1. The molecule has 0 aliphatic carbocycles. The molecule has 0 radical (unpaired) electrons. The summed E-state index contributed by atoms with van der Waals surface area (Å²) in [6.07, 6.45) is 0. The second kappa shape index (κ2) is 7.10. The summed E-state index contributed by atoms with van der Waals surface area (Å²) in [5.41, 5.74) is 2.26. The molecule has 0 spiro atoms. The van der Waals surface area contributed by atoms with Crippen molar-refractivity contribution in [3.8, 4) is 16.9 Å². The molecule has 0 aliphatic heterocycles. The van der Waals surface area contributed by atoms with Gasteiger partial charge in [-0.15, -0.1) is 0 Å². The van der Waals surface area contributed by atoms with Crippen molar-refractivity contribution < 1.29 is 9.47 Å². The molecule has 0 saturated carbocycles. The Morgan fingerprint density at radius 2 is 1.33 bits per heavy atom. The van der Waals surface area contributed by atoms with Gasteiger partial charge in [0, 0.05) is 4.47 Å². The molecule has 21 heavy (non-hydrogen) atoms. The quantitative estimate of drug-likeness (QED) is 0.681. The predicted octanol–water partition coefficient (Wildman–Crippen LogP) is 5.31. The lowest BCUT2D eigenvalue weighted by Gasteiger charge is -2.19. The van der Waals surface area contributed by atoms with Crippen LogP contribution < -0.4 is 4.74 Å². The highest BCUT2D eigenvalue weighted by atomic mass is 79.9. The van der Waals surface area contributed by atoms with Crippen molar-refractivity contribution in [2.24, 2.45) is 0 Å². The van der Waals surface area contributed by atoms with E-state index in [4.69, 9.17) is 9.47 Å². The molecule has 3 heteroatoms. The fraction of sp³-hybridized carbons (Fsp3) is 0.333. The van der Waals surface area contributed by atoms with Crippen molar-refractivity contribution in [2.75, 3.05) is 13.2 Å². The van der Waals surface area contributed by atoms with E-state index in [0.717, 1.165) is 10.2 Å². The largest absolute Gasteiger partial charge is 0.491 e. The van der Waals surface area contributed by atoms with E-state index in [1.54, 1.807) is 0 Å². The lowest BCUT2D eigenvalue weighted by molar-refractivity contribution is -0.0163. The highest BCUT2D eigenvalue weighted by molar-refractivity contribution is 9.10. The van der Waals surface area contributed by atoms with Crippen molar-refractivity contribution in [1.82, 2.24) is 0 Å². The third-order valence-corrected chi connectivity index (χ3v) is 3.45. The molecule has 0 N–H and O–H groups in total. The Balaban J connectivity index is 1.89. The van der Waals surface area contributed by atoms with Gasteiger partial charge >= 0.3 is 0 Å². The summed E-state index contributed by atoms with van der Waals surface area (Å²) in [5.74, 6) is 0.869. The highest BCUT2D eigenvalue weighted by Gasteiger charge is 2.09. The van der Waals surface area contributed by atoms with Crippen molar-refractivity contribution in [1.29, 1.82) is 0 Å². The van der Waals surface area contributed by atoms with Crippen LogP contribution in [0, 0.1) is 0 Å². The third-order valence-electron chi connectivity index (χ3n) is 2.92. The molecule has 2 aromatic carbocycles. The van der Waals surface area contributed by atoms with E-state index in [1.165, 1.54) is 11.1 Å². The summed E-state index contributed by atoms with van der Waals surface area (Å²) < 4.78 is 12.4. The van der Waals surface area contributed by atoms with Gasteiger partial charge in [0.25, 0.3) is 0 Å². The van der Waals surface area contributed by atoms with E-state index in [9.17, 15) is 0 Å². The lowest BCUT2D eigenvalue weighted by Crippen LogP contribution is -2.22. The van der Waals surface area contributed by atoms with Gasteiger partial charge in [0.05, 0.1) is 12.2 Å². The Labute approximate surface area is 135 Å². The predicted molar refractivity (Wildman–Crippen MR) is 90.8 cm³/mol. The maximum Gasteiger partial charge on any atom is 0.119 e. The molecule has 0 bridgehead atoms. The van der Waals surface area contributed by atoms with E-state index in [1.807, 2.05) is 45.0 Å². The number of benzene rings is 2. The van der Waals surface area contributed by atoms with Crippen LogP contribution in [0.5, 0.6) is 5.75 Å². The average Bonchev–Trinajstić information content (AvgIpc) is 2.44. The number of rotatable bonds is 5. The summed E-state index contributed by atoms with van der Waals surface area (Å²) in [6.45, 7) is 7.28.